The molecule has 1 aromatic rings. The number of nitrogens with two attached hydrogens (primary N) is 1. The molecule has 0 bridgehead atoms. The Bertz CT molecular complexity index is 407. The van der Waals surface area contributed by atoms with E-state index in [2.05, 4.69) is 13.8 Å². The summed E-state index contributed by atoms with van der Waals surface area (Å²) in [4.78, 5) is 0. The maximum absolute atomic E-state index is 6.09. The lowest BCUT2D eigenvalue weighted by Crippen LogP contribution is -2.61. The van der Waals surface area contributed by atoms with Crippen molar-refractivity contribution in [2.45, 2.75) is 45.4 Å². The van der Waals surface area contributed by atoms with E-state index >= 15 is 0 Å². The number of methoxy groups -OCH3 is 1. The van der Waals surface area contributed by atoms with Gasteiger partial charge in [0.05, 0.1) is 6.61 Å². The van der Waals surface area contributed by atoms with Crippen molar-refractivity contribution in [1.29, 1.82) is 0 Å². The third-order valence-corrected chi connectivity index (χ3v) is 4.30. The summed E-state index contributed by atoms with van der Waals surface area (Å²) in [5, 5.41) is 0. The van der Waals surface area contributed by atoms with Crippen molar-refractivity contribution in [3.05, 3.63) is 29.8 Å². The molecule has 1 fully saturated rings. The van der Waals surface area contributed by atoms with Gasteiger partial charge in [-0.3, -0.25) is 0 Å². The van der Waals surface area contributed by atoms with Gasteiger partial charge < -0.3 is 15.2 Å². The zero-order valence-corrected chi connectivity index (χ0v) is 11.5. The predicted octanol–water partition coefficient (Wildman–Crippen LogP) is 2.73. The fourth-order valence-corrected chi connectivity index (χ4v) is 2.56. The van der Waals surface area contributed by atoms with Crippen LogP contribution in [0, 0.1) is 5.41 Å². The highest BCUT2D eigenvalue weighted by Gasteiger charge is 2.50. The number of hydrogen-bond donors (Lipinski definition) is 1. The Hall–Kier alpha value is -1.06. The van der Waals surface area contributed by atoms with E-state index in [9.17, 15) is 0 Å². The summed E-state index contributed by atoms with van der Waals surface area (Å²) in [6.45, 7) is 5.01. The lowest BCUT2D eigenvalue weighted by molar-refractivity contribution is -0.0560. The minimum Gasteiger partial charge on any atom is -0.490 e. The van der Waals surface area contributed by atoms with Gasteiger partial charge in [-0.25, -0.2) is 0 Å². The van der Waals surface area contributed by atoms with Crippen molar-refractivity contribution in [3.63, 3.8) is 0 Å². The molecule has 0 radical (unpaired) electrons. The quantitative estimate of drug-likeness (QED) is 0.872. The zero-order valence-electron chi connectivity index (χ0n) is 11.5. The summed E-state index contributed by atoms with van der Waals surface area (Å²) in [5.74, 6) is 0.918. The van der Waals surface area contributed by atoms with Crippen LogP contribution in [0.2, 0.25) is 0 Å². The van der Waals surface area contributed by atoms with E-state index in [1.165, 1.54) is 0 Å². The van der Waals surface area contributed by atoms with Crippen molar-refractivity contribution >= 4 is 0 Å². The zero-order chi connectivity index (χ0) is 13.2. The summed E-state index contributed by atoms with van der Waals surface area (Å²) in [6.07, 6.45) is 2.23. The van der Waals surface area contributed by atoms with Gasteiger partial charge in [0.1, 0.15) is 11.9 Å². The SMILES string of the molecule is CCC1(C)C(N)CC1Oc1cccc(COC)c1. The molecule has 2 rings (SSSR count). The summed E-state index contributed by atoms with van der Waals surface area (Å²) in [5.41, 5.74) is 7.33. The first-order chi connectivity index (χ1) is 8.60. The van der Waals surface area contributed by atoms with Gasteiger partial charge in [-0.2, -0.15) is 0 Å². The fourth-order valence-electron chi connectivity index (χ4n) is 2.56. The Morgan fingerprint density at radius 2 is 2.22 bits per heavy atom. The molecule has 0 spiro atoms. The first-order valence-corrected chi connectivity index (χ1v) is 6.60. The van der Waals surface area contributed by atoms with Crippen LogP contribution < -0.4 is 10.5 Å². The molecule has 0 saturated heterocycles. The number of rotatable bonds is 5. The monoisotopic (exact) mass is 249 g/mol. The number of benzene rings is 1. The normalized spacial score (nSPS) is 30.9. The van der Waals surface area contributed by atoms with Gasteiger partial charge in [0, 0.05) is 25.0 Å². The van der Waals surface area contributed by atoms with Crippen molar-refractivity contribution in [3.8, 4) is 5.75 Å². The molecular formula is C15H23NO2. The Morgan fingerprint density at radius 3 is 2.83 bits per heavy atom. The maximum Gasteiger partial charge on any atom is 0.120 e. The summed E-state index contributed by atoms with van der Waals surface area (Å²) >= 11 is 0. The average Bonchev–Trinajstić information content (AvgIpc) is 2.38. The molecule has 1 aliphatic carbocycles. The molecule has 18 heavy (non-hydrogen) atoms. The second-order valence-electron chi connectivity index (χ2n) is 5.39. The Labute approximate surface area is 109 Å². The molecule has 3 unspecified atom stereocenters. The van der Waals surface area contributed by atoms with Gasteiger partial charge >= 0.3 is 0 Å². The topological polar surface area (TPSA) is 44.5 Å². The highest BCUT2D eigenvalue weighted by atomic mass is 16.5. The summed E-state index contributed by atoms with van der Waals surface area (Å²) in [6, 6.07) is 8.35. The van der Waals surface area contributed by atoms with Crippen LogP contribution in [0.1, 0.15) is 32.3 Å². The van der Waals surface area contributed by atoms with Gasteiger partial charge in [0.2, 0.25) is 0 Å². The number of hydrogen-bond acceptors (Lipinski definition) is 3. The second-order valence-corrected chi connectivity index (χ2v) is 5.39. The summed E-state index contributed by atoms with van der Waals surface area (Å²) in [7, 11) is 1.70. The van der Waals surface area contributed by atoms with Gasteiger partial charge in [0.15, 0.2) is 0 Å². The van der Waals surface area contributed by atoms with E-state index in [0.717, 1.165) is 24.2 Å². The second kappa shape index (κ2) is 5.29. The van der Waals surface area contributed by atoms with Crippen molar-refractivity contribution < 1.29 is 9.47 Å². The first kappa shape index (κ1) is 13.4. The minimum absolute atomic E-state index is 0.108. The highest BCUT2D eigenvalue weighted by molar-refractivity contribution is 5.29. The fraction of sp³-hybridized carbons (Fsp3) is 0.600. The maximum atomic E-state index is 6.09. The van der Waals surface area contributed by atoms with Crippen LogP contribution in [-0.4, -0.2) is 19.3 Å². The molecule has 3 atom stereocenters. The third-order valence-electron chi connectivity index (χ3n) is 4.30. The van der Waals surface area contributed by atoms with E-state index in [-0.39, 0.29) is 17.6 Å². The Morgan fingerprint density at radius 1 is 1.44 bits per heavy atom. The van der Waals surface area contributed by atoms with Crippen LogP contribution >= 0.6 is 0 Å². The summed E-state index contributed by atoms with van der Waals surface area (Å²) < 4.78 is 11.2. The molecule has 0 heterocycles. The molecular weight excluding hydrogens is 226 g/mol. The molecule has 3 heteroatoms. The lowest BCUT2D eigenvalue weighted by Gasteiger charge is -2.51. The molecule has 0 aliphatic heterocycles. The van der Waals surface area contributed by atoms with Crippen LogP contribution in [0.15, 0.2) is 24.3 Å². The van der Waals surface area contributed by atoms with Crippen molar-refractivity contribution in [2.75, 3.05) is 7.11 Å². The molecule has 2 N–H and O–H groups in total. The van der Waals surface area contributed by atoms with E-state index in [1.54, 1.807) is 7.11 Å². The van der Waals surface area contributed by atoms with Gasteiger partial charge in [-0.05, 0) is 24.1 Å². The molecule has 0 aromatic heterocycles. The Balaban J connectivity index is 2.04. The van der Waals surface area contributed by atoms with Crippen LogP contribution in [0.3, 0.4) is 0 Å². The van der Waals surface area contributed by atoms with Crippen LogP contribution in [0.5, 0.6) is 5.75 Å². The van der Waals surface area contributed by atoms with Gasteiger partial charge in [-0.1, -0.05) is 26.0 Å². The van der Waals surface area contributed by atoms with E-state index in [1.807, 2.05) is 24.3 Å². The van der Waals surface area contributed by atoms with Crippen molar-refractivity contribution in [1.82, 2.24) is 0 Å². The molecule has 1 aromatic carbocycles. The van der Waals surface area contributed by atoms with Crippen LogP contribution in [0.4, 0.5) is 0 Å². The minimum atomic E-state index is 0.108. The molecule has 1 aliphatic rings. The molecule has 0 amide bonds. The average molecular weight is 249 g/mol. The Kier molecular flexibility index (Phi) is 3.93. The van der Waals surface area contributed by atoms with Crippen LogP contribution in [-0.2, 0) is 11.3 Å². The highest BCUT2D eigenvalue weighted by Crippen LogP contribution is 2.44. The van der Waals surface area contributed by atoms with Crippen LogP contribution in [0.25, 0.3) is 0 Å². The molecule has 3 nitrogen and oxygen atoms in total. The van der Waals surface area contributed by atoms with Gasteiger partial charge in [0.25, 0.3) is 0 Å². The van der Waals surface area contributed by atoms with E-state index in [0.29, 0.717) is 6.61 Å². The van der Waals surface area contributed by atoms with Crippen molar-refractivity contribution in [2.24, 2.45) is 11.1 Å². The first-order valence-electron chi connectivity index (χ1n) is 6.60. The number of ether oxygens (including phenoxy) is 2. The molecule has 1 saturated carbocycles. The van der Waals surface area contributed by atoms with Gasteiger partial charge in [-0.15, -0.1) is 0 Å². The lowest BCUT2D eigenvalue weighted by atomic mass is 9.62. The smallest absolute Gasteiger partial charge is 0.120 e. The van der Waals surface area contributed by atoms with E-state index < -0.39 is 0 Å². The largest absolute Gasteiger partial charge is 0.490 e. The third kappa shape index (κ3) is 2.38. The van der Waals surface area contributed by atoms with E-state index in [4.69, 9.17) is 15.2 Å². The standard InChI is InChI=1S/C15H23NO2/c1-4-15(2)13(16)9-14(15)18-12-7-5-6-11(8-12)10-17-3/h5-8,13-14H,4,9-10,16H2,1-3H3. The predicted molar refractivity (Wildman–Crippen MR) is 72.6 cm³/mol. The molecule has 100 valence electrons.